The highest BCUT2D eigenvalue weighted by molar-refractivity contribution is 5.94. The standard InChI is InChI=1S/C16H24N2O3/c1-3-18(14-9-6-5-7-10-14)15(19)13-17-12-8-11-16(20)21-4-2/h5-7,9-10,17H,3-4,8,11-13H2,1-2H3. The number of benzene rings is 1. The van der Waals surface area contributed by atoms with Gasteiger partial charge in [-0.2, -0.15) is 0 Å². The molecule has 116 valence electrons. The van der Waals surface area contributed by atoms with Gasteiger partial charge in [-0.25, -0.2) is 0 Å². The number of para-hydroxylation sites is 1. The maximum Gasteiger partial charge on any atom is 0.305 e. The van der Waals surface area contributed by atoms with E-state index in [-0.39, 0.29) is 18.4 Å². The van der Waals surface area contributed by atoms with Gasteiger partial charge >= 0.3 is 5.97 Å². The van der Waals surface area contributed by atoms with Gasteiger partial charge in [0.15, 0.2) is 0 Å². The number of carbonyl (C=O) groups excluding carboxylic acids is 2. The van der Waals surface area contributed by atoms with Gasteiger partial charge in [0, 0.05) is 18.7 Å². The van der Waals surface area contributed by atoms with Crippen molar-refractivity contribution in [1.82, 2.24) is 5.32 Å². The largest absolute Gasteiger partial charge is 0.466 e. The van der Waals surface area contributed by atoms with Crippen molar-refractivity contribution >= 4 is 17.6 Å². The molecular weight excluding hydrogens is 268 g/mol. The van der Waals surface area contributed by atoms with Crippen LogP contribution in [0.25, 0.3) is 0 Å². The Hall–Kier alpha value is -1.88. The number of nitrogens with one attached hydrogen (secondary N) is 1. The quantitative estimate of drug-likeness (QED) is 0.558. The monoisotopic (exact) mass is 292 g/mol. The lowest BCUT2D eigenvalue weighted by molar-refractivity contribution is -0.143. The third kappa shape index (κ3) is 6.40. The molecule has 5 heteroatoms. The minimum atomic E-state index is -0.190. The molecule has 1 aromatic rings. The van der Waals surface area contributed by atoms with Crippen molar-refractivity contribution in [1.29, 1.82) is 0 Å². The van der Waals surface area contributed by atoms with Gasteiger partial charge in [-0.3, -0.25) is 9.59 Å². The van der Waals surface area contributed by atoms with Crippen molar-refractivity contribution in [3.8, 4) is 0 Å². The lowest BCUT2D eigenvalue weighted by Crippen LogP contribution is -2.38. The summed E-state index contributed by atoms with van der Waals surface area (Å²) in [6.07, 6.45) is 1.05. The van der Waals surface area contributed by atoms with Gasteiger partial charge in [0.2, 0.25) is 5.91 Å². The Balaban J connectivity index is 2.28. The summed E-state index contributed by atoms with van der Waals surface area (Å²) in [5.74, 6) is -0.162. The summed E-state index contributed by atoms with van der Waals surface area (Å²) in [4.78, 5) is 25.0. The van der Waals surface area contributed by atoms with E-state index in [9.17, 15) is 9.59 Å². The van der Waals surface area contributed by atoms with Gasteiger partial charge in [0.25, 0.3) is 0 Å². The molecule has 0 aliphatic heterocycles. The van der Waals surface area contributed by atoms with Gasteiger partial charge in [-0.1, -0.05) is 18.2 Å². The van der Waals surface area contributed by atoms with E-state index in [0.717, 1.165) is 5.69 Å². The molecule has 0 saturated carbocycles. The summed E-state index contributed by atoms with van der Waals surface area (Å²) in [5, 5.41) is 3.07. The van der Waals surface area contributed by atoms with E-state index in [1.165, 1.54) is 0 Å². The highest BCUT2D eigenvalue weighted by Crippen LogP contribution is 2.12. The van der Waals surface area contributed by atoms with Crippen LogP contribution in [-0.2, 0) is 14.3 Å². The number of anilines is 1. The van der Waals surface area contributed by atoms with Crippen molar-refractivity contribution in [2.24, 2.45) is 0 Å². The van der Waals surface area contributed by atoms with Gasteiger partial charge < -0.3 is 15.0 Å². The number of rotatable bonds is 9. The summed E-state index contributed by atoms with van der Waals surface area (Å²) >= 11 is 0. The molecule has 1 aromatic carbocycles. The van der Waals surface area contributed by atoms with E-state index >= 15 is 0 Å². The Morgan fingerprint density at radius 1 is 1.19 bits per heavy atom. The normalized spacial score (nSPS) is 10.2. The van der Waals surface area contributed by atoms with Crippen LogP contribution in [0.4, 0.5) is 5.69 Å². The smallest absolute Gasteiger partial charge is 0.305 e. The van der Waals surface area contributed by atoms with Crippen molar-refractivity contribution < 1.29 is 14.3 Å². The Labute approximate surface area is 126 Å². The highest BCUT2D eigenvalue weighted by atomic mass is 16.5. The molecule has 0 spiro atoms. The number of likely N-dealkylation sites (N-methyl/N-ethyl adjacent to an activating group) is 1. The number of ether oxygens (including phenoxy) is 1. The van der Waals surface area contributed by atoms with E-state index in [0.29, 0.717) is 32.5 Å². The third-order valence-electron chi connectivity index (χ3n) is 3.00. The first-order chi connectivity index (χ1) is 10.2. The Morgan fingerprint density at radius 3 is 2.52 bits per heavy atom. The van der Waals surface area contributed by atoms with Crippen molar-refractivity contribution in [3.05, 3.63) is 30.3 Å². The maximum atomic E-state index is 12.1. The van der Waals surface area contributed by atoms with Crippen LogP contribution in [0.5, 0.6) is 0 Å². The average Bonchev–Trinajstić information content (AvgIpc) is 2.49. The number of hydrogen-bond acceptors (Lipinski definition) is 4. The van der Waals surface area contributed by atoms with Crippen LogP contribution in [0, 0.1) is 0 Å². The number of nitrogens with zero attached hydrogens (tertiary/aromatic N) is 1. The molecule has 0 heterocycles. The van der Waals surface area contributed by atoms with Gasteiger partial charge in [0.1, 0.15) is 0 Å². The van der Waals surface area contributed by atoms with Crippen LogP contribution in [-0.4, -0.2) is 38.1 Å². The molecule has 1 rings (SSSR count). The van der Waals surface area contributed by atoms with Gasteiger partial charge in [-0.15, -0.1) is 0 Å². The van der Waals surface area contributed by atoms with Gasteiger partial charge in [0.05, 0.1) is 13.2 Å². The molecule has 0 aromatic heterocycles. The van der Waals surface area contributed by atoms with Crippen LogP contribution < -0.4 is 10.2 Å². The molecule has 0 fully saturated rings. The fraction of sp³-hybridized carbons (Fsp3) is 0.500. The predicted octanol–water partition coefficient (Wildman–Crippen LogP) is 1.97. The predicted molar refractivity (Wildman–Crippen MR) is 83.2 cm³/mol. The first-order valence-corrected chi connectivity index (χ1v) is 7.40. The van der Waals surface area contributed by atoms with Crippen LogP contribution in [0.1, 0.15) is 26.7 Å². The maximum absolute atomic E-state index is 12.1. The fourth-order valence-electron chi connectivity index (χ4n) is 1.99. The summed E-state index contributed by atoms with van der Waals surface area (Å²) < 4.78 is 4.84. The Morgan fingerprint density at radius 2 is 1.90 bits per heavy atom. The third-order valence-corrected chi connectivity index (χ3v) is 3.00. The van der Waals surface area contributed by atoms with E-state index in [1.807, 2.05) is 37.3 Å². The lowest BCUT2D eigenvalue weighted by Gasteiger charge is -2.21. The van der Waals surface area contributed by atoms with E-state index < -0.39 is 0 Å². The first kappa shape index (κ1) is 17.2. The van der Waals surface area contributed by atoms with Crippen LogP contribution >= 0.6 is 0 Å². The molecule has 0 aliphatic carbocycles. The van der Waals surface area contributed by atoms with Crippen LogP contribution in [0.15, 0.2) is 30.3 Å². The molecule has 0 saturated heterocycles. The molecule has 5 nitrogen and oxygen atoms in total. The zero-order valence-corrected chi connectivity index (χ0v) is 12.8. The minimum absolute atomic E-state index is 0.0276. The SMILES string of the molecule is CCOC(=O)CCCNCC(=O)N(CC)c1ccccc1. The summed E-state index contributed by atoms with van der Waals surface area (Å²) in [5.41, 5.74) is 0.901. The lowest BCUT2D eigenvalue weighted by atomic mass is 10.2. The first-order valence-electron chi connectivity index (χ1n) is 7.40. The average molecular weight is 292 g/mol. The molecule has 0 unspecified atom stereocenters. The van der Waals surface area contributed by atoms with Crippen molar-refractivity contribution in [3.63, 3.8) is 0 Å². The molecule has 0 bridgehead atoms. The Kier molecular flexibility index (Phi) is 8.12. The number of esters is 1. The number of hydrogen-bond donors (Lipinski definition) is 1. The zero-order chi connectivity index (χ0) is 15.5. The van der Waals surface area contributed by atoms with E-state index in [4.69, 9.17) is 4.74 Å². The highest BCUT2D eigenvalue weighted by Gasteiger charge is 2.12. The molecular formula is C16H24N2O3. The fourth-order valence-corrected chi connectivity index (χ4v) is 1.99. The molecule has 1 N–H and O–H groups in total. The second-order valence-corrected chi connectivity index (χ2v) is 4.56. The minimum Gasteiger partial charge on any atom is -0.466 e. The van der Waals surface area contributed by atoms with Crippen molar-refractivity contribution in [2.75, 3.05) is 31.1 Å². The van der Waals surface area contributed by atoms with Crippen LogP contribution in [0.3, 0.4) is 0 Å². The molecule has 21 heavy (non-hydrogen) atoms. The summed E-state index contributed by atoms with van der Waals surface area (Å²) in [6, 6.07) is 9.59. The topological polar surface area (TPSA) is 58.6 Å². The molecule has 0 aliphatic rings. The van der Waals surface area contributed by atoms with Gasteiger partial charge in [-0.05, 0) is 38.9 Å². The second kappa shape index (κ2) is 9.94. The van der Waals surface area contributed by atoms with Crippen LogP contribution in [0.2, 0.25) is 0 Å². The van der Waals surface area contributed by atoms with Crippen molar-refractivity contribution in [2.45, 2.75) is 26.7 Å². The summed E-state index contributed by atoms with van der Waals surface area (Å²) in [7, 11) is 0. The second-order valence-electron chi connectivity index (χ2n) is 4.56. The summed E-state index contributed by atoms with van der Waals surface area (Å²) in [6.45, 7) is 5.67. The molecule has 0 radical (unpaired) electrons. The van der Waals surface area contributed by atoms with E-state index in [1.54, 1.807) is 11.8 Å². The van der Waals surface area contributed by atoms with E-state index in [2.05, 4.69) is 5.32 Å². The number of carbonyl (C=O) groups is 2. The zero-order valence-electron chi connectivity index (χ0n) is 12.8. The molecule has 0 atom stereocenters. The molecule has 1 amide bonds. The Bertz CT molecular complexity index is 434. The number of amides is 1.